The Bertz CT molecular complexity index is 978. The molecule has 0 radical (unpaired) electrons. The monoisotopic (exact) mass is 594 g/mol. The van der Waals surface area contributed by atoms with Crippen molar-refractivity contribution in [2.75, 3.05) is 0 Å². The third-order valence-electron chi connectivity index (χ3n) is 7.56. The molecule has 0 spiro atoms. The van der Waals surface area contributed by atoms with Gasteiger partial charge < -0.3 is 10.4 Å². The first-order valence-electron chi connectivity index (χ1n) is 15.8. The van der Waals surface area contributed by atoms with Crippen LogP contribution in [0.5, 0.6) is 0 Å². The lowest BCUT2D eigenvalue weighted by atomic mass is 10.0. The number of benzene rings is 1. The molecule has 0 saturated carbocycles. The number of Topliss-reactive ketones (excluding diaryl/α,β-unsaturated/α-hetero) is 1. The second-order valence-corrected chi connectivity index (χ2v) is 12.8. The molecule has 0 heterocycles. The summed E-state index contributed by atoms with van der Waals surface area (Å²) in [5.74, 6) is -1.47. The molecular weight excluding hydrogens is 540 g/mol. The fraction of sp³-hybridized carbons (Fsp3) is 0.719. The molecular formula is C32H54N2O6S. The number of amides is 1. The number of hydrogen-bond donors (Lipinski definition) is 3. The Labute approximate surface area is 248 Å². The van der Waals surface area contributed by atoms with E-state index in [-0.39, 0.29) is 22.7 Å². The number of carbonyl (C=O) groups excluding carboxylic acids is 2. The van der Waals surface area contributed by atoms with E-state index in [4.69, 9.17) is 5.14 Å². The van der Waals surface area contributed by atoms with Gasteiger partial charge in [0.25, 0.3) is 5.91 Å². The summed E-state index contributed by atoms with van der Waals surface area (Å²) in [5, 5.41) is 17.0. The van der Waals surface area contributed by atoms with Crippen LogP contribution in [0.25, 0.3) is 0 Å². The highest BCUT2D eigenvalue weighted by Gasteiger charge is 2.20. The maximum absolute atomic E-state index is 12.4. The number of aliphatic carboxylic acids is 1. The minimum absolute atomic E-state index is 0.127. The van der Waals surface area contributed by atoms with Crippen LogP contribution in [0.2, 0.25) is 0 Å². The molecule has 0 aromatic heterocycles. The smallest absolute Gasteiger partial charge is 0.326 e. The molecule has 234 valence electrons. The summed E-state index contributed by atoms with van der Waals surface area (Å²) in [5.41, 5.74) is 0.146. The number of nitrogens with two attached hydrogens (primary N) is 1. The number of ketones is 1. The highest BCUT2D eigenvalue weighted by Crippen LogP contribution is 2.15. The number of hydrogen-bond acceptors (Lipinski definition) is 5. The van der Waals surface area contributed by atoms with Gasteiger partial charge >= 0.3 is 5.97 Å². The average molecular weight is 595 g/mol. The van der Waals surface area contributed by atoms with Gasteiger partial charge in [-0.3, -0.25) is 9.59 Å². The summed E-state index contributed by atoms with van der Waals surface area (Å²) in [7, 11) is -3.87. The number of carboxylic acid groups (broad SMARTS) is 1. The van der Waals surface area contributed by atoms with E-state index in [0.29, 0.717) is 32.1 Å². The SMILES string of the molecule is CCCCCCCCCCCCCCCCCC(=O)CCCCC[C@H](NC(=O)c1ccc(S(N)(=O)=O)cc1)C(=O)O. The second kappa shape index (κ2) is 22.4. The Hall–Kier alpha value is -2.26. The highest BCUT2D eigenvalue weighted by atomic mass is 32.2. The van der Waals surface area contributed by atoms with Gasteiger partial charge in [-0.2, -0.15) is 0 Å². The summed E-state index contributed by atoms with van der Waals surface area (Å²) in [6.07, 6.45) is 22.9. The van der Waals surface area contributed by atoms with Crippen LogP contribution in [-0.2, 0) is 19.6 Å². The van der Waals surface area contributed by atoms with Crippen molar-refractivity contribution >= 4 is 27.7 Å². The lowest BCUT2D eigenvalue weighted by Crippen LogP contribution is -2.40. The minimum Gasteiger partial charge on any atom is -0.480 e. The lowest BCUT2D eigenvalue weighted by Gasteiger charge is -2.14. The molecule has 1 aromatic rings. The van der Waals surface area contributed by atoms with E-state index in [2.05, 4.69) is 12.2 Å². The molecule has 41 heavy (non-hydrogen) atoms. The minimum atomic E-state index is -3.87. The van der Waals surface area contributed by atoms with E-state index < -0.39 is 27.9 Å². The third-order valence-corrected chi connectivity index (χ3v) is 8.49. The maximum Gasteiger partial charge on any atom is 0.326 e. The van der Waals surface area contributed by atoms with E-state index in [1.807, 2.05) is 0 Å². The zero-order valence-electron chi connectivity index (χ0n) is 25.2. The number of primary sulfonamides is 1. The first kappa shape index (κ1) is 36.8. The molecule has 4 N–H and O–H groups in total. The van der Waals surface area contributed by atoms with E-state index in [1.165, 1.54) is 108 Å². The largest absolute Gasteiger partial charge is 0.480 e. The molecule has 1 atom stereocenters. The number of carboxylic acids is 1. The predicted molar refractivity (Wildman–Crippen MR) is 164 cm³/mol. The first-order chi connectivity index (χ1) is 19.6. The standard InChI is InChI=1S/C32H54N2O6S/c1-2-3-4-5-6-7-8-9-10-11-12-13-14-15-17-20-28(35)21-18-16-19-22-30(32(37)38)34-31(36)27-23-25-29(26-24-27)41(33,39)40/h23-26,30H,2-22H2,1H3,(H,34,36)(H,37,38)(H2,33,39,40)/t30-/m0/s1. The van der Waals surface area contributed by atoms with Crippen LogP contribution in [0.15, 0.2) is 29.2 Å². The quantitative estimate of drug-likeness (QED) is 0.0960. The van der Waals surface area contributed by atoms with Gasteiger partial charge in [-0.15, -0.1) is 0 Å². The number of carbonyl (C=O) groups is 3. The Kier molecular flexibility index (Phi) is 20.0. The first-order valence-corrected chi connectivity index (χ1v) is 17.4. The molecule has 9 heteroatoms. The third kappa shape index (κ3) is 18.7. The Balaban J connectivity index is 2.05. The van der Waals surface area contributed by atoms with Crippen molar-refractivity contribution in [3.63, 3.8) is 0 Å². The molecule has 0 aliphatic rings. The molecule has 0 unspecified atom stereocenters. The molecule has 0 saturated heterocycles. The van der Waals surface area contributed by atoms with Crippen LogP contribution in [-0.4, -0.2) is 37.2 Å². The summed E-state index contributed by atoms with van der Waals surface area (Å²) in [6, 6.07) is 3.93. The molecule has 1 amide bonds. The average Bonchev–Trinajstić information content (AvgIpc) is 2.93. The van der Waals surface area contributed by atoms with Crippen molar-refractivity contribution in [1.29, 1.82) is 0 Å². The van der Waals surface area contributed by atoms with Crippen LogP contribution < -0.4 is 10.5 Å². The fourth-order valence-electron chi connectivity index (χ4n) is 4.96. The van der Waals surface area contributed by atoms with Gasteiger partial charge in [-0.1, -0.05) is 110 Å². The zero-order chi connectivity index (χ0) is 30.3. The summed E-state index contributed by atoms with van der Waals surface area (Å²) in [4.78, 5) is 36.0. The van der Waals surface area contributed by atoms with Gasteiger partial charge in [0.2, 0.25) is 10.0 Å². The normalized spacial score (nSPS) is 12.2. The Morgan fingerprint density at radius 2 is 1.12 bits per heavy atom. The number of sulfonamides is 1. The number of unbranched alkanes of at least 4 members (excludes halogenated alkanes) is 16. The van der Waals surface area contributed by atoms with Crippen LogP contribution in [0.1, 0.15) is 152 Å². The van der Waals surface area contributed by atoms with Crippen molar-refractivity contribution < 1.29 is 27.9 Å². The van der Waals surface area contributed by atoms with E-state index >= 15 is 0 Å². The van der Waals surface area contributed by atoms with Crippen molar-refractivity contribution in [2.24, 2.45) is 5.14 Å². The molecule has 8 nitrogen and oxygen atoms in total. The topological polar surface area (TPSA) is 144 Å². The molecule has 0 aliphatic carbocycles. The van der Waals surface area contributed by atoms with Crippen molar-refractivity contribution in [1.82, 2.24) is 5.32 Å². The van der Waals surface area contributed by atoms with Crippen LogP contribution in [0.3, 0.4) is 0 Å². The molecule has 0 aliphatic heterocycles. The predicted octanol–water partition coefficient (Wildman–Crippen LogP) is 7.30. The van der Waals surface area contributed by atoms with Gasteiger partial charge in [0, 0.05) is 18.4 Å². The van der Waals surface area contributed by atoms with Gasteiger partial charge in [0.1, 0.15) is 11.8 Å². The summed E-state index contributed by atoms with van der Waals surface area (Å²) < 4.78 is 22.7. The van der Waals surface area contributed by atoms with Gasteiger partial charge in [0.15, 0.2) is 0 Å². The van der Waals surface area contributed by atoms with Crippen LogP contribution >= 0.6 is 0 Å². The lowest BCUT2D eigenvalue weighted by molar-refractivity contribution is -0.139. The van der Waals surface area contributed by atoms with E-state index in [1.54, 1.807) is 0 Å². The number of rotatable bonds is 26. The van der Waals surface area contributed by atoms with Crippen LogP contribution in [0, 0.1) is 0 Å². The molecule has 0 fully saturated rings. The van der Waals surface area contributed by atoms with E-state index in [9.17, 15) is 27.9 Å². The van der Waals surface area contributed by atoms with E-state index in [0.717, 1.165) is 12.8 Å². The summed E-state index contributed by atoms with van der Waals surface area (Å²) >= 11 is 0. The molecule has 1 aromatic carbocycles. The molecule has 1 rings (SSSR count). The van der Waals surface area contributed by atoms with Crippen molar-refractivity contribution in [2.45, 2.75) is 153 Å². The van der Waals surface area contributed by atoms with Crippen LogP contribution in [0.4, 0.5) is 0 Å². The summed E-state index contributed by atoms with van der Waals surface area (Å²) in [6.45, 7) is 2.26. The Morgan fingerprint density at radius 1 is 0.707 bits per heavy atom. The zero-order valence-corrected chi connectivity index (χ0v) is 26.0. The van der Waals surface area contributed by atoms with Gasteiger partial charge in [-0.05, 0) is 43.5 Å². The fourth-order valence-corrected chi connectivity index (χ4v) is 5.48. The maximum atomic E-state index is 12.4. The van der Waals surface area contributed by atoms with Crippen molar-refractivity contribution in [3.05, 3.63) is 29.8 Å². The second-order valence-electron chi connectivity index (χ2n) is 11.3. The van der Waals surface area contributed by atoms with Gasteiger partial charge in [0.05, 0.1) is 4.90 Å². The van der Waals surface area contributed by atoms with Gasteiger partial charge in [-0.25, -0.2) is 18.4 Å². The highest BCUT2D eigenvalue weighted by molar-refractivity contribution is 7.89. The Morgan fingerprint density at radius 3 is 1.54 bits per heavy atom. The number of nitrogens with one attached hydrogen (secondary N) is 1. The molecule has 0 bridgehead atoms. The van der Waals surface area contributed by atoms with Crippen molar-refractivity contribution in [3.8, 4) is 0 Å².